The molecule has 1 fully saturated rings. The van der Waals surface area contributed by atoms with E-state index in [1.165, 1.54) is 6.42 Å². The Kier molecular flexibility index (Phi) is 4.03. The molecule has 0 bridgehead atoms. The van der Waals surface area contributed by atoms with Crippen LogP contribution in [0.4, 0.5) is 0 Å². The number of halogens is 1. The molecule has 2 rings (SSSR count). The van der Waals surface area contributed by atoms with Crippen LogP contribution in [0, 0.1) is 0 Å². The van der Waals surface area contributed by atoms with Gasteiger partial charge in [-0.25, -0.2) is 0 Å². The maximum absolute atomic E-state index is 6.23. The molecule has 1 aliphatic rings. The highest BCUT2D eigenvalue weighted by atomic mass is 35.5. The van der Waals surface area contributed by atoms with Gasteiger partial charge in [-0.1, -0.05) is 11.6 Å². The molecule has 4 heteroatoms. The zero-order valence-corrected chi connectivity index (χ0v) is 11.9. The summed E-state index contributed by atoms with van der Waals surface area (Å²) >= 11 is 6.23. The van der Waals surface area contributed by atoms with Crippen molar-refractivity contribution in [1.82, 2.24) is 5.32 Å². The van der Waals surface area contributed by atoms with E-state index in [1.54, 1.807) is 7.11 Å². The van der Waals surface area contributed by atoms with E-state index in [0.717, 1.165) is 24.3 Å². The maximum atomic E-state index is 6.23. The van der Waals surface area contributed by atoms with Crippen molar-refractivity contribution in [2.75, 3.05) is 20.3 Å². The van der Waals surface area contributed by atoms with Gasteiger partial charge in [0.2, 0.25) is 0 Å². The van der Waals surface area contributed by atoms with E-state index in [-0.39, 0.29) is 5.54 Å². The van der Waals surface area contributed by atoms with Gasteiger partial charge in [0.1, 0.15) is 11.5 Å². The molecule has 18 heavy (non-hydrogen) atoms. The van der Waals surface area contributed by atoms with Gasteiger partial charge in [-0.3, -0.25) is 0 Å². The molecular weight excluding hydrogens is 250 g/mol. The Hall–Kier alpha value is -0.930. The summed E-state index contributed by atoms with van der Waals surface area (Å²) in [6.07, 6.45) is 2.27. The highest BCUT2D eigenvalue weighted by molar-refractivity contribution is 6.32. The molecule has 1 heterocycles. The highest BCUT2D eigenvalue weighted by Crippen LogP contribution is 2.41. The van der Waals surface area contributed by atoms with E-state index in [2.05, 4.69) is 12.2 Å². The van der Waals surface area contributed by atoms with Crippen LogP contribution in [0.15, 0.2) is 12.1 Å². The summed E-state index contributed by atoms with van der Waals surface area (Å²) in [5.74, 6) is 1.51. The molecule has 1 aromatic carbocycles. The van der Waals surface area contributed by atoms with Gasteiger partial charge in [0.25, 0.3) is 0 Å². The molecule has 0 aliphatic carbocycles. The first-order valence-electron chi connectivity index (χ1n) is 6.36. The van der Waals surface area contributed by atoms with Crippen molar-refractivity contribution in [3.8, 4) is 11.5 Å². The van der Waals surface area contributed by atoms with Gasteiger partial charge < -0.3 is 14.8 Å². The van der Waals surface area contributed by atoms with Crippen molar-refractivity contribution in [3.63, 3.8) is 0 Å². The lowest BCUT2D eigenvalue weighted by Gasteiger charge is -2.28. The van der Waals surface area contributed by atoms with Crippen molar-refractivity contribution >= 4 is 11.6 Å². The number of hydrogen-bond donors (Lipinski definition) is 1. The maximum Gasteiger partial charge on any atom is 0.141 e. The minimum atomic E-state index is -0.0551. The normalized spacial score (nSPS) is 23.1. The van der Waals surface area contributed by atoms with E-state index in [1.807, 2.05) is 19.1 Å². The molecule has 1 unspecified atom stereocenters. The average molecular weight is 270 g/mol. The van der Waals surface area contributed by atoms with Gasteiger partial charge in [0.05, 0.1) is 18.7 Å². The molecule has 1 aromatic rings. The van der Waals surface area contributed by atoms with Crippen molar-refractivity contribution in [2.24, 2.45) is 0 Å². The second-order valence-electron chi connectivity index (χ2n) is 4.78. The Bertz CT molecular complexity index is 428. The van der Waals surface area contributed by atoms with Crippen molar-refractivity contribution in [1.29, 1.82) is 0 Å². The van der Waals surface area contributed by atoms with E-state index in [9.17, 15) is 0 Å². The fourth-order valence-electron chi connectivity index (χ4n) is 2.52. The van der Waals surface area contributed by atoms with Gasteiger partial charge in [0, 0.05) is 17.2 Å². The number of benzene rings is 1. The van der Waals surface area contributed by atoms with Crippen molar-refractivity contribution in [2.45, 2.75) is 32.2 Å². The van der Waals surface area contributed by atoms with Crippen LogP contribution in [0.25, 0.3) is 0 Å². The third-order valence-corrected chi connectivity index (χ3v) is 3.81. The van der Waals surface area contributed by atoms with Crippen LogP contribution in [0.3, 0.4) is 0 Å². The summed E-state index contributed by atoms with van der Waals surface area (Å²) in [6.45, 7) is 5.84. The van der Waals surface area contributed by atoms with Gasteiger partial charge in [-0.2, -0.15) is 0 Å². The lowest BCUT2D eigenvalue weighted by Crippen LogP contribution is -2.33. The van der Waals surface area contributed by atoms with Gasteiger partial charge in [-0.05, 0) is 39.3 Å². The topological polar surface area (TPSA) is 30.5 Å². The van der Waals surface area contributed by atoms with Crippen LogP contribution >= 0.6 is 11.6 Å². The monoisotopic (exact) mass is 269 g/mol. The zero-order chi connectivity index (χ0) is 13.2. The Labute approximate surface area is 113 Å². The zero-order valence-electron chi connectivity index (χ0n) is 11.2. The van der Waals surface area contributed by atoms with Gasteiger partial charge in [-0.15, -0.1) is 0 Å². The summed E-state index contributed by atoms with van der Waals surface area (Å²) in [4.78, 5) is 0. The molecule has 0 spiro atoms. The lowest BCUT2D eigenvalue weighted by molar-refractivity contribution is 0.316. The van der Waals surface area contributed by atoms with Crippen LogP contribution in [0.1, 0.15) is 32.3 Å². The van der Waals surface area contributed by atoms with Crippen molar-refractivity contribution in [3.05, 3.63) is 22.7 Å². The van der Waals surface area contributed by atoms with Crippen molar-refractivity contribution < 1.29 is 9.47 Å². The summed E-state index contributed by atoms with van der Waals surface area (Å²) < 4.78 is 11.0. The van der Waals surface area contributed by atoms with E-state index in [0.29, 0.717) is 17.4 Å². The van der Waals surface area contributed by atoms with E-state index in [4.69, 9.17) is 21.1 Å². The first kappa shape index (κ1) is 13.5. The van der Waals surface area contributed by atoms with Gasteiger partial charge in [0.15, 0.2) is 0 Å². The smallest absolute Gasteiger partial charge is 0.141 e. The average Bonchev–Trinajstić information content (AvgIpc) is 2.79. The molecular formula is C14H20ClNO2. The number of nitrogens with one attached hydrogen (secondary N) is 1. The third-order valence-electron chi connectivity index (χ3n) is 3.52. The molecule has 0 saturated carbocycles. The molecule has 0 amide bonds. The predicted octanol–water partition coefficient (Wildman–Crippen LogP) is 3.35. The molecule has 0 aromatic heterocycles. The highest BCUT2D eigenvalue weighted by Gasteiger charge is 2.33. The second-order valence-corrected chi connectivity index (χ2v) is 5.19. The summed E-state index contributed by atoms with van der Waals surface area (Å²) in [7, 11) is 1.62. The molecule has 100 valence electrons. The van der Waals surface area contributed by atoms with Crippen LogP contribution in [0.2, 0.25) is 5.02 Å². The predicted molar refractivity (Wildman–Crippen MR) is 73.8 cm³/mol. The summed E-state index contributed by atoms with van der Waals surface area (Å²) in [5.41, 5.74) is 1.06. The Morgan fingerprint density at radius 3 is 2.72 bits per heavy atom. The molecule has 1 aliphatic heterocycles. The minimum Gasteiger partial charge on any atom is -0.495 e. The largest absolute Gasteiger partial charge is 0.495 e. The fourth-order valence-corrected chi connectivity index (χ4v) is 2.76. The van der Waals surface area contributed by atoms with Crippen LogP contribution in [0.5, 0.6) is 11.5 Å². The fraction of sp³-hybridized carbons (Fsp3) is 0.571. The summed E-state index contributed by atoms with van der Waals surface area (Å²) in [6, 6.07) is 3.84. The van der Waals surface area contributed by atoms with Gasteiger partial charge >= 0.3 is 0 Å². The standard InChI is InChI=1S/C14H20ClNO2/c1-4-18-12-9-13(17-3)11(15)8-10(12)14(2)6-5-7-16-14/h8-9,16H,4-7H2,1-3H3. The number of methoxy groups -OCH3 is 1. The Morgan fingerprint density at radius 2 is 2.17 bits per heavy atom. The molecule has 3 nitrogen and oxygen atoms in total. The molecule has 1 saturated heterocycles. The molecule has 1 N–H and O–H groups in total. The second kappa shape index (κ2) is 5.37. The third kappa shape index (κ3) is 2.43. The van der Waals surface area contributed by atoms with Crippen LogP contribution in [-0.2, 0) is 5.54 Å². The Morgan fingerprint density at radius 1 is 1.39 bits per heavy atom. The SMILES string of the molecule is CCOc1cc(OC)c(Cl)cc1C1(C)CCCN1. The van der Waals surface area contributed by atoms with Crippen LogP contribution < -0.4 is 14.8 Å². The number of ether oxygens (including phenoxy) is 2. The number of hydrogen-bond acceptors (Lipinski definition) is 3. The number of rotatable bonds is 4. The first-order chi connectivity index (χ1) is 8.60. The van der Waals surface area contributed by atoms with E-state index < -0.39 is 0 Å². The summed E-state index contributed by atoms with van der Waals surface area (Å²) in [5, 5.41) is 4.16. The minimum absolute atomic E-state index is 0.0551. The Balaban J connectivity index is 2.47. The molecule has 1 atom stereocenters. The van der Waals surface area contributed by atoms with E-state index >= 15 is 0 Å². The lowest BCUT2D eigenvalue weighted by atomic mass is 9.89. The quantitative estimate of drug-likeness (QED) is 0.909. The van der Waals surface area contributed by atoms with Crippen LogP contribution in [-0.4, -0.2) is 20.3 Å². The molecule has 0 radical (unpaired) electrons. The first-order valence-corrected chi connectivity index (χ1v) is 6.74.